The van der Waals surface area contributed by atoms with Crippen molar-refractivity contribution in [2.45, 2.75) is 5.03 Å². The number of carbonyl (C=O) groups excluding carboxylic acids is 2. The Bertz CT molecular complexity index is 342. The van der Waals surface area contributed by atoms with Gasteiger partial charge in [0.25, 0.3) is 0 Å². The summed E-state index contributed by atoms with van der Waals surface area (Å²) in [6.07, 6.45) is 1.66. The van der Waals surface area contributed by atoms with Crippen LogP contribution in [0.4, 0.5) is 0 Å². The van der Waals surface area contributed by atoms with Gasteiger partial charge in [-0.3, -0.25) is 9.59 Å². The Morgan fingerprint density at radius 2 is 2.27 bits per heavy atom. The first-order valence-electron chi connectivity index (χ1n) is 4.27. The first-order valence-corrected chi connectivity index (χ1v) is 5.26. The largest absolute Gasteiger partial charge is 0.368 e. The third-order valence-corrected chi connectivity index (χ3v) is 2.39. The highest BCUT2D eigenvalue weighted by Crippen LogP contribution is 2.12. The number of carbonyl (C=O) groups is 2. The van der Waals surface area contributed by atoms with E-state index in [9.17, 15) is 9.59 Å². The first-order chi connectivity index (χ1) is 7.18. The van der Waals surface area contributed by atoms with Gasteiger partial charge in [0, 0.05) is 6.20 Å². The predicted molar refractivity (Wildman–Crippen MR) is 57.2 cm³/mol. The molecule has 1 aromatic heterocycles. The van der Waals surface area contributed by atoms with Crippen LogP contribution in [0.1, 0.15) is 0 Å². The quantitative estimate of drug-likeness (QED) is 0.678. The molecule has 2 amide bonds. The Balaban J connectivity index is 2.26. The average molecular weight is 225 g/mol. The number of amides is 2. The van der Waals surface area contributed by atoms with Crippen LogP contribution in [0.3, 0.4) is 0 Å². The van der Waals surface area contributed by atoms with Gasteiger partial charge in [-0.15, -0.1) is 0 Å². The van der Waals surface area contributed by atoms with Gasteiger partial charge in [-0.2, -0.15) is 0 Å². The van der Waals surface area contributed by atoms with E-state index in [1.807, 2.05) is 12.1 Å². The summed E-state index contributed by atoms with van der Waals surface area (Å²) in [5.41, 5.74) is 4.88. The van der Waals surface area contributed by atoms with Gasteiger partial charge in [-0.05, 0) is 12.1 Å². The zero-order chi connectivity index (χ0) is 11.1. The molecule has 0 bridgehead atoms. The van der Waals surface area contributed by atoms with Crippen LogP contribution in [0.25, 0.3) is 0 Å². The molecule has 0 aromatic carbocycles. The number of pyridine rings is 1. The smallest absolute Gasteiger partial charge is 0.236 e. The molecule has 0 aliphatic heterocycles. The van der Waals surface area contributed by atoms with E-state index in [0.717, 1.165) is 5.03 Å². The van der Waals surface area contributed by atoms with Crippen LogP contribution < -0.4 is 11.1 Å². The van der Waals surface area contributed by atoms with E-state index >= 15 is 0 Å². The second-order valence-corrected chi connectivity index (χ2v) is 3.70. The molecule has 0 aliphatic carbocycles. The van der Waals surface area contributed by atoms with Crippen LogP contribution in [-0.4, -0.2) is 29.1 Å². The minimum Gasteiger partial charge on any atom is -0.368 e. The Morgan fingerprint density at radius 1 is 1.47 bits per heavy atom. The maximum Gasteiger partial charge on any atom is 0.236 e. The van der Waals surface area contributed by atoms with Gasteiger partial charge in [0.1, 0.15) is 0 Å². The lowest BCUT2D eigenvalue weighted by molar-refractivity contribution is -0.123. The van der Waals surface area contributed by atoms with Crippen LogP contribution >= 0.6 is 11.8 Å². The van der Waals surface area contributed by atoms with E-state index in [1.54, 1.807) is 12.3 Å². The van der Waals surface area contributed by atoms with E-state index in [1.165, 1.54) is 11.8 Å². The number of nitrogens with one attached hydrogen (secondary N) is 1. The van der Waals surface area contributed by atoms with Crippen molar-refractivity contribution < 1.29 is 9.59 Å². The van der Waals surface area contributed by atoms with Crippen molar-refractivity contribution in [1.82, 2.24) is 10.3 Å². The lowest BCUT2D eigenvalue weighted by Gasteiger charge is -2.01. The van der Waals surface area contributed by atoms with Crippen molar-refractivity contribution >= 4 is 23.6 Å². The molecule has 1 aromatic rings. The maximum absolute atomic E-state index is 11.2. The lowest BCUT2D eigenvalue weighted by Crippen LogP contribution is -2.34. The maximum atomic E-state index is 11.2. The molecule has 0 fully saturated rings. The van der Waals surface area contributed by atoms with Crippen molar-refractivity contribution in [1.29, 1.82) is 0 Å². The second kappa shape index (κ2) is 6.02. The molecule has 1 rings (SSSR count). The van der Waals surface area contributed by atoms with Gasteiger partial charge in [-0.25, -0.2) is 4.98 Å². The normalized spacial score (nSPS) is 9.60. The van der Waals surface area contributed by atoms with E-state index in [4.69, 9.17) is 5.73 Å². The fraction of sp³-hybridized carbons (Fsp3) is 0.222. The topological polar surface area (TPSA) is 85.1 Å². The van der Waals surface area contributed by atoms with Crippen molar-refractivity contribution in [2.24, 2.45) is 5.73 Å². The Morgan fingerprint density at radius 3 is 2.87 bits per heavy atom. The van der Waals surface area contributed by atoms with Crippen molar-refractivity contribution in [3.05, 3.63) is 24.4 Å². The number of hydrogen-bond donors (Lipinski definition) is 2. The molecule has 15 heavy (non-hydrogen) atoms. The molecule has 3 N–H and O–H groups in total. The highest BCUT2D eigenvalue weighted by molar-refractivity contribution is 7.99. The summed E-state index contributed by atoms with van der Waals surface area (Å²) in [5, 5.41) is 3.16. The Hall–Kier alpha value is -1.56. The standard InChI is InChI=1S/C9H11N3O2S/c10-7(13)5-12-8(14)6-15-9-3-1-2-4-11-9/h1-4H,5-6H2,(H2,10,13)(H,12,14). The van der Waals surface area contributed by atoms with Crippen LogP contribution in [0.5, 0.6) is 0 Å². The minimum absolute atomic E-state index is 0.123. The first kappa shape index (κ1) is 11.5. The lowest BCUT2D eigenvalue weighted by atomic mass is 10.5. The van der Waals surface area contributed by atoms with Crippen LogP contribution in [0.15, 0.2) is 29.4 Å². The van der Waals surface area contributed by atoms with Gasteiger partial charge >= 0.3 is 0 Å². The average Bonchev–Trinajstić information content (AvgIpc) is 2.25. The number of primary amides is 1. The molecule has 0 aliphatic rings. The highest BCUT2D eigenvalue weighted by Gasteiger charge is 2.03. The SMILES string of the molecule is NC(=O)CNC(=O)CSc1ccccn1. The molecule has 0 atom stereocenters. The molecule has 80 valence electrons. The fourth-order valence-electron chi connectivity index (χ4n) is 0.809. The van der Waals surface area contributed by atoms with Gasteiger partial charge in [0.05, 0.1) is 17.3 Å². The molecular weight excluding hydrogens is 214 g/mol. The summed E-state index contributed by atoms with van der Waals surface area (Å²) in [7, 11) is 0. The minimum atomic E-state index is -0.550. The van der Waals surface area contributed by atoms with Crippen molar-refractivity contribution in [2.75, 3.05) is 12.3 Å². The Labute approximate surface area is 91.4 Å². The summed E-state index contributed by atoms with van der Waals surface area (Å²) in [6, 6.07) is 5.46. The number of aromatic nitrogens is 1. The summed E-state index contributed by atoms with van der Waals surface area (Å²) in [6.45, 7) is -0.123. The van der Waals surface area contributed by atoms with Gasteiger partial charge < -0.3 is 11.1 Å². The summed E-state index contributed by atoms with van der Waals surface area (Å²) in [5.74, 6) is -0.555. The fourth-order valence-corrected chi connectivity index (χ4v) is 1.50. The van der Waals surface area contributed by atoms with E-state index in [-0.39, 0.29) is 18.2 Å². The summed E-state index contributed by atoms with van der Waals surface area (Å²) < 4.78 is 0. The third kappa shape index (κ3) is 5.02. The number of nitrogens with two attached hydrogens (primary N) is 1. The monoisotopic (exact) mass is 225 g/mol. The van der Waals surface area contributed by atoms with Gasteiger partial charge in [0.2, 0.25) is 11.8 Å². The van der Waals surface area contributed by atoms with Crippen LogP contribution in [0, 0.1) is 0 Å². The van der Waals surface area contributed by atoms with E-state index in [0.29, 0.717) is 0 Å². The molecule has 0 unspecified atom stereocenters. The predicted octanol–water partition coefficient (Wildman–Crippen LogP) is -0.225. The molecule has 6 heteroatoms. The third-order valence-electron chi connectivity index (χ3n) is 1.45. The zero-order valence-corrected chi connectivity index (χ0v) is 8.79. The second-order valence-electron chi connectivity index (χ2n) is 2.70. The van der Waals surface area contributed by atoms with Crippen LogP contribution in [0.2, 0.25) is 0 Å². The molecule has 0 saturated heterocycles. The van der Waals surface area contributed by atoms with Crippen molar-refractivity contribution in [3.63, 3.8) is 0 Å². The molecule has 5 nitrogen and oxygen atoms in total. The van der Waals surface area contributed by atoms with Crippen LogP contribution in [-0.2, 0) is 9.59 Å². The molecular formula is C9H11N3O2S. The Kier molecular flexibility index (Phi) is 4.62. The number of rotatable bonds is 5. The van der Waals surface area contributed by atoms with Gasteiger partial charge in [-0.1, -0.05) is 17.8 Å². The van der Waals surface area contributed by atoms with Gasteiger partial charge in [0.15, 0.2) is 0 Å². The molecule has 0 saturated carbocycles. The summed E-state index contributed by atoms with van der Waals surface area (Å²) >= 11 is 1.30. The summed E-state index contributed by atoms with van der Waals surface area (Å²) in [4.78, 5) is 25.6. The van der Waals surface area contributed by atoms with Crippen molar-refractivity contribution in [3.8, 4) is 0 Å². The number of nitrogens with zero attached hydrogens (tertiary/aromatic N) is 1. The molecule has 0 radical (unpaired) electrons. The van der Waals surface area contributed by atoms with E-state index < -0.39 is 5.91 Å². The number of thioether (sulfide) groups is 1. The molecule has 0 spiro atoms. The highest BCUT2D eigenvalue weighted by atomic mass is 32.2. The number of hydrogen-bond acceptors (Lipinski definition) is 4. The zero-order valence-electron chi connectivity index (χ0n) is 7.97. The van der Waals surface area contributed by atoms with E-state index in [2.05, 4.69) is 10.3 Å². The molecule has 1 heterocycles.